The average Bonchev–Trinajstić information content (AvgIpc) is 3.13. The average molecular weight is 408 g/mol. The highest BCUT2D eigenvalue weighted by Gasteiger charge is 2.24. The molecule has 0 aliphatic carbocycles. The van der Waals surface area contributed by atoms with Crippen LogP contribution in [-0.4, -0.2) is 27.3 Å². The molecule has 0 radical (unpaired) electrons. The van der Waals surface area contributed by atoms with Crippen molar-refractivity contribution in [1.82, 2.24) is 14.8 Å². The monoisotopic (exact) mass is 408 g/mol. The standard InChI is InChI=1S/C23H25FN4O2/c1-3-15(2)13-20(29)26-19-14-17(9-10-25-19)21-22(16-5-7-18(24)8-6-16)27-28-11-4-12-30-23(21)28/h5-10,14-15H,3-4,11-13H2,1-2H3,(H,25,26,29). The number of ether oxygens (including phenoxy) is 1. The van der Waals surface area contributed by atoms with Gasteiger partial charge in [0.05, 0.1) is 12.2 Å². The van der Waals surface area contributed by atoms with Gasteiger partial charge in [-0.05, 0) is 47.9 Å². The molecule has 3 aromatic rings. The first-order valence-electron chi connectivity index (χ1n) is 10.3. The summed E-state index contributed by atoms with van der Waals surface area (Å²) in [7, 11) is 0. The van der Waals surface area contributed by atoms with E-state index in [0.29, 0.717) is 30.6 Å². The molecule has 6 nitrogen and oxygen atoms in total. The molecule has 0 spiro atoms. The second-order valence-electron chi connectivity index (χ2n) is 7.66. The van der Waals surface area contributed by atoms with Crippen molar-refractivity contribution < 1.29 is 13.9 Å². The molecule has 3 heterocycles. The maximum absolute atomic E-state index is 13.4. The minimum Gasteiger partial charge on any atom is -0.477 e. The van der Waals surface area contributed by atoms with Gasteiger partial charge in [0.1, 0.15) is 17.3 Å². The second kappa shape index (κ2) is 8.65. The third-order valence-corrected chi connectivity index (χ3v) is 5.32. The lowest BCUT2D eigenvalue weighted by atomic mass is 10.0. The summed E-state index contributed by atoms with van der Waals surface area (Å²) in [5, 5.41) is 7.62. The zero-order valence-electron chi connectivity index (χ0n) is 17.2. The molecule has 0 fully saturated rings. The molecule has 30 heavy (non-hydrogen) atoms. The van der Waals surface area contributed by atoms with Crippen molar-refractivity contribution in [3.8, 4) is 28.3 Å². The number of aryl methyl sites for hydroxylation is 1. The first-order valence-corrected chi connectivity index (χ1v) is 10.3. The van der Waals surface area contributed by atoms with E-state index in [1.165, 1.54) is 12.1 Å². The predicted octanol–water partition coefficient (Wildman–Crippen LogP) is 4.91. The van der Waals surface area contributed by atoms with E-state index < -0.39 is 0 Å². The lowest BCUT2D eigenvalue weighted by Gasteiger charge is -2.16. The van der Waals surface area contributed by atoms with Crippen molar-refractivity contribution in [3.05, 3.63) is 48.4 Å². The number of hydrogen-bond acceptors (Lipinski definition) is 4. The van der Waals surface area contributed by atoms with Crippen molar-refractivity contribution in [1.29, 1.82) is 0 Å². The van der Waals surface area contributed by atoms with Gasteiger partial charge in [0.2, 0.25) is 11.8 Å². The summed E-state index contributed by atoms with van der Waals surface area (Å²) in [5.74, 6) is 1.14. The molecule has 7 heteroatoms. The van der Waals surface area contributed by atoms with E-state index in [0.717, 1.165) is 41.8 Å². The zero-order valence-corrected chi connectivity index (χ0v) is 17.2. The Balaban J connectivity index is 1.72. The Kier molecular flexibility index (Phi) is 5.79. The number of nitrogens with one attached hydrogen (secondary N) is 1. The van der Waals surface area contributed by atoms with Crippen LogP contribution in [0.25, 0.3) is 22.4 Å². The molecule has 0 bridgehead atoms. The second-order valence-corrected chi connectivity index (χ2v) is 7.66. The summed E-state index contributed by atoms with van der Waals surface area (Å²) in [5.41, 5.74) is 3.18. The van der Waals surface area contributed by atoms with Gasteiger partial charge in [-0.1, -0.05) is 20.3 Å². The van der Waals surface area contributed by atoms with E-state index in [4.69, 9.17) is 9.84 Å². The molecule has 1 aliphatic heterocycles. The number of halogens is 1. The summed E-state index contributed by atoms with van der Waals surface area (Å²) >= 11 is 0. The molecular weight excluding hydrogens is 383 g/mol. The van der Waals surface area contributed by atoms with Crippen LogP contribution >= 0.6 is 0 Å². The Morgan fingerprint density at radius 2 is 2.07 bits per heavy atom. The maximum Gasteiger partial charge on any atom is 0.225 e. The lowest BCUT2D eigenvalue weighted by Crippen LogP contribution is -2.16. The normalized spacial score (nSPS) is 14.0. The Labute approximate surface area is 175 Å². The highest BCUT2D eigenvalue weighted by atomic mass is 19.1. The predicted molar refractivity (Wildman–Crippen MR) is 114 cm³/mol. The smallest absolute Gasteiger partial charge is 0.225 e. The van der Waals surface area contributed by atoms with E-state index in [9.17, 15) is 9.18 Å². The first kappa shape index (κ1) is 20.1. The number of fused-ring (bicyclic) bond motifs is 1. The minimum absolute atomic E-state index is 0.0546. The van der Waals surface area contributed by atoms with Gasteiger partial charge in [-0.3, -0.25) is 4.79 Å². The molecule has 2 aromatic heterocycles. The van der Waals surface area contributed by atoms with Crippen molar-refractivity contribution in [2.24, 2.45) is 5.92 Å². The van der Waals surface area contributed by atoms with E-state index in [2.05, 4.69) is 24.1 Å². The Morgan fingerprint density at radius 3 is 2.83 bits per heavy atom. The molecule has 1 unspecified atom stereocenters. The number of hydrogen-bond donors (Lipinski definition) is 1. The van der Waals surface area contributed by atoms with Gasteiger partial charge in [0, 0.05) is 31.1 Å². The van der Waals surface area contributed by atoms with Crippen LogP contribution in [0.1, 0.15) is 33.1 Å². The van der Waals surface area contributed by atoms with Gasteiger partial charge in [-0.2, -0.15) is 5.10 Å². The molecule has 4 rings (SSSR count). The molecule has 156 valence electrons. The fourth-order valence-corrected chi connectivity index (χ4v) is 3.51. The van der Waals surface area contributed by atoms with Crippen LogP contribution in [0.2, 0.25) is 0 Å². The molecule has 1 aromatic carbocycles. The van der Waals surface area contributed by atoms with E-state index >= 15 is 0 Å². The largest absolute Gasteiger partial charge is 0.477 e. The third kappa shape index (κ3) is 4.20. The van der Waals surface area contributed by atoms with Gasteiger partial charge in [0.25, 0.3) is 0 Å². The molecule has 1 aliphatic rings. The number of carbonyl (C=O) groups is 1. The summed E-state index contributed by atoms with van der Waals surface area (Å²) < 4.78 is 21.2. The number of carbonyl (C=O) groups excluding carboxylic acids is 1. The summed E-state index contributed by atoms with van der Waals surface area (Å²) in [4.78, 5) is 16.6. The van der Waals surface area contributed by atoms with Crippen molar-refractivity contribution >= 4 is 11.7 Å². The van der Waals surface area contributed by atoms with Crippen LogP contribution in [0.15, 0.2) is 42.6 Å². The number of aromatic nitrogens is 3. The van der Waals surface area contributed by atoms with Crippen molar-refractivity contribution in [2.75, 3.05) is 11.9 Å². The van der Waals surface area contributed by atoms with Gasteiger partial charge in [-0.25, -0.2) is 14.1 Å². The number of benzene rings is 1. The van der Waals surface area contributed by atoms with Gasteiger partial charge >= 0.3 is 0 Å². The quantitative estimate of drug-likeness (QED) is 0.629. The van der Waals surface area contributed by atoms with Crippen molar-refractivity contribution in [3.63, 3.8) is 0 Å². The lowest BCUT2D eigenvalue weighted by molar-refractivity contribution is -0.117. The topological polar surface area (TPSA) is 69.0 Å². The van der Waals surface area contributed by atoms with E-state index in [-0.39, 0.29) is 11.7 Å². The molecule has 1 atom stereocenters. The number of pyridine rings is 1. The van der Waals surface area contributed by atoms with Crippen LogP contribution in [0, 0.1) is 11.7 Å². The van der Waals surface area contributed by atoms with Crippen LogP contribution in [0.3, 0.4) is 0 Å². The highest BCUT2D eigenvalue weighted by Crippen LogP contribution is 2.41. The summed E-state index contributed by atoms with van der Waals surface area (Å²) in [6.45, 7) is 5.49. The van der Waals surface area contributed by atoms with Crippen LogP contribution < -0.4 is 10.1 Å². The van der Waals surface area contributed by atoms with Crippen LogP contribution in [0.4, 0.5) is 10.2 Å². The minimum atomic E-state index is -0.296. The number of amides is 1. The molecule has 0 saturated heterocycles. The van der Waals surface area contributed by atoms with Gasteiger partial charge in [-0.15, -0.1) is 0 Å². The summed E-state index contributed by atoms with van der Waals surface area (Å²) in [6.07, 6.45) is 3.94. The SMILES string of the molecule is CCC(C)CC(=O)Nc1cc(-c2c(-c3ccc(F)cc3)nn3c2OCCC3)ccn1. The van der Waals surface area contributed by atoms with E-state index in [1.54, 1.807) is 18.3 Å². The first-order chi connectivity index (χ1) is 14.5. The van der Waals surface area contributed by atoms with Gasteiger partial charge < -0.3 is 10.1 Å². The Morgan fingerprint density at radius 1 is 1.27 bits per heavy atom. The molecule has 1 N–H and O–H groups in total. The Hall–Kier alpha value is -3.22. The third-order valence-electron chi connectivity index (χ3n) is 5.32. The summed E-state index contributed by atoms with van der Waals surface area (Å²) in [6, 6.07) is 9.97. The molecular formula is C23H25FN4O2. The fraction of sp³-hybridized carbons (Fsp3) is 0.348. The van der Waals surface area contributed by atoms with Gasteiger partial charge in [0.15, 0.2) is 0 Å². The maximum atomic E-state index is 13.4. The zero-order chi connectivity index (χ0) is 21.1. The number of anilines is 1. The van der Waals surface area contributed by atoms with E-state index in [1.807, 2.05) is 16.8 Å². The Bertz CT molecular complexity index is 1050. The number of rotatable bonds is 6. The highest BCUT2D eigenvalue weighted by molar-refractivity contribution is 5.91. The fourth-order valence-electron chi connectivity index (χ4n) is 3.51. The molecule has 0 saturated carbocycles. The van der Waals surface area contributed by atoms with Crippen molar-refractivity contribution in [2.45, 2.75) is 39.7 Å². The number of nitrogens with zero attached hydrogens (tertiary/aromatic N) is 3. The van der Waals surface area contributed by atoms with Crippen LogP contribution in [-0.2, 0) is 11.3 Å². The molecule has 1 amide bonds. The van der Waals surface area contributed by atoms with Crippen LogP contribution in [0.5, 0.6) is 5.88 Å².